The highest BCUT2D eigenvalue weighted by atomic mass is 16.4. The lowest BCUT2D eigenvalue weighted by Gasteiger charge is -2.22. The number of aromatic nitrogens is 2. The highest BCUT2D eigenvalue weighted by Crippen LogP contribution is 2.27. The fourth-order valence-electron chi connectivity index (χ4n) is 2.65. The number of para-hydroxylation sites is 1. The molecule has 0 radical (unpaired) electrons. The number of aryl methyl sites for hydroxylation is 1. The lowest BCUT2D eigenvalue weighted by molar-refractivity contribution is 0.0686. The van der Waals surface area contributed by atoms with Crippen LogP contribution in [0.25, 0.3) is 0 Å². The third kappa shape index (κ3) is 2.40. The average molecular weight is 285 g/mol. The molecule has 2 N–H and O–H groups in total. The van der Waals surface area contributed by atoms with Gasteiger partial charge in [0.2, 0.25) is 0 Å². The molecular formula is C15H15N3O3. The number of nitrogens with zero attached hydrogens (tertiary/aromatic N) is 2. The van der Waals surface area contributed by atoms with Crippen LogP contribution in [0.3, 0.4) is 0 Å². The first-order chi connectivity index (χ1) is 10.2. The zero-order valence-corrected chi connectivity index (χ0v) is 11.4. The lowest BCUT2D eigenvalue weighted by Crippen LogP contribution is -2.33. The molecule has 0 aliphatic carbocycles. The number of imidazole rings is 1. The highest BCUT2D eigenvalue weighted by Gasteiger charge is 2.27. The van der Waals surface area contributed by atoms with Crippen LogP contribution in [0.4, 0.5) is 5.69 Å². The maximum atomic E-state index is 12.7. The Bertz CT molecular complexity index is 693. The number of hydrogen-bond donors (Lipinski definition) is 2. The fraction of sp³-hybridized carbons (Fsp3) is 0.267. The van der Waals surface area contributed by atoms with E-state index in [0.717, 1.165) is 30.5 Å². The second kappa shape index (κ2) is 5.40. The van der Waals surface area contributed by atoms with Gasteiger partial charge in [-0.15, -0.1) is 0 Å². The van der Waals surface area contributed by atoms with Gasteiger partial charge in [0.05, 0.1) is 6.33 Å². The highest BCUT2D eigenvalue weighted by molar-refractivity contribution is 6.10. The third-order valence-corrected chi connectivity index (χ3v) is 3.66. The van der Waals surface area contributed by atoms with Crippen LogP contribution in [-0.4, -0.2) is 33.5 Å². The number of fused-ring (bicyclic) bond motifs is 1. The summed E-state index contributed by atoms with van der Waals surface area (Å²) in [7, 11) is 0. The quantitative estimate of drug-likeness (QED) is 0.884. The van der Waals surface area contributed by atoms with Crippen molar-refractivity contribution in [2.75, 3.05) is 11.4 Å². The van der Waals surface area contributed by atoms with Crippen molar-refractivity contribution >= 4 is 17.6 Å². The van der Waals surface area contributed by atoms with E-state index in [-0.39, 0.29) is 17.3 Å². The van der Waals surface area contributed by atoms with E-state index in [1.165, 1.54) is 6.33 Å². The van der Waals surface area contributed by atoms with Crippen LogP contribution in [0.2, 0.25) is 0 Å². The van der Waals surface area contributed by atoms with Crippen LogP contribution in [0.15, 0.2) is 30.6 Å². The summed E-state index contributed by atoms with van der Waals surface area (Å²) in [6.07, 6.45) is 4.05. The number of benzene rings is 1. The Labute approximate surface area is 121 Å². The summed E-state index contributed by atoms with van der Waals surface area (Å²) in [5.74, 6) is -1.55. The molecule has 0 spiro atoms. The van der Waals surface area contributed by atoms with Crippen molar-refractivity contribution in [2.24, 2.45) is 0 Å². The zero-order valence-electron chi connectivity index (χ0n) is 11.4. The number of carbonyl (C=O) groups excluding carboxylic acids is 1. The van der Waals surface area contributed by atoms with Crippen molar-refractivity contribution < 1.29 is 14.7 Å². The molecule has 0 unspecified atom stereocenters. The minimum Gasteiger partial charge on any atom is -0.477 e. The average Bonchev–Trinajstić information content (AvgIpc) is 2.88. The van der Waals surface area contributed by atoms with Gasteiger partial charge < -0.3 is 15.0 Å². The summed E-state index contributed by atoms with van der Waals surface area (Å²) in [5, 5.41) is 9.11. The van der Waals surface area contributed by atoms with Gasteiger partial charge in [-0.1, -0.05) is 18.2 Å². The second-order valence-electron chi connectivity index (χ2n) is 4.97. The van der Waals surface area contributed by atoms with Gasteiger partial charge in [-0.2, -0.15) is 0 Å². The first-order valence-electron chi connectivity index (χ1n) is 6.85. The molecule has 1 aliphatic heterocycles. The van der Waals surface area contributed by atoms with Gasteiger partial charge >= 0.3 is 5.97 Å². The van der Waals surface area contributed by atoms with Crippen LogP contribution in [0.5, 0.6) is 0 Å². The van der Waals surface area contributed by atoms with E-state index < -0.39 is 5.97 Å². The van der Waals surface area contributed by atoms with Crippen molar-refractivity contribution in [3.63, 3.8) is 0 Å². The molecule has 0 saturated heterocycles. The summed E-state index contributed by atoms with van der Waals surface area (Å²) in [6, 6.07) is 7.73. The number of H-pyrrole nitrogens is 1. The molecule has 108 valence electrons. The van der Waals surface area contributed by atoms with Crippen LogP contribution in [0.1, 0.15) is 39.4 Å². The standard InChI is InChI=1S/C15H15N3O3/c19-14(12-13(15(20)21)17-9-16-12)18-8-4-3-6-10-5-1-2-7-11(10)18/h1-2,5,7,9H,3-4,6,8H2,(H,16,17)(H,20,21). The predicted octanol–water partition coefficient (Wildman–Crippen LogP) is 2.09. The third-order valence-electron chi connectivity index (χ3n) is 3.66. The van der Waals surface area contributed by atoms with Crippen molar-refractivity contribution in [1.82, 2.24) is 9.97 Å². The molecule has 1 aromatic heterocycles. The Morgan fingerprint density at radius 3 is 2.86 bits per heavy atom. The Hall–Kier alpha value is -2.63. The van der Waals surface area contributed by atoms with Gasteiger partial charge in [-0.3, -0.25) is 4.79 Å². The molecule has 0 bridgehead atoms. The molecule has 0 saturated carbocycles. The molecule has 6 heteroatoms. The fourth-order valence-corrected chi connectivity index (χ4v) is 2.65. The molecule has 2 aromatic rings. The van der Waals surface area contributed by atoms with E-state index in [2.05, 4.69) is 9.97 Å². The largest absolute Gasteiger partial charge is 0.477 e. The van der Waals surface area contributed by atoms with Gasteiger partial charge in [-0.05, 0) is 30.9 Å². The van der Waals surface area contributed by atoms with Gasteiger partial charge in [0.25, 0.3) is 5.91 Å². The summed E-state index contributed by atoms with van der Waals surface area (Å²) in [4.78, 5) is 31.8. The summed E-state index contributed by atoms with van der Waals surface area (Å²) in [5.41, 5.74) is 1.75. The number of nitrogens with one attached hydrogen (secondary N) is 1. The first kappa shape index (κ1) is 13.4. The van der Waals surface area contributed by atoms with Gasteiger partial charge in [0.15, 0.2) is 11.4 Å². The maximum absolute atomic E-state index is 12.7. The number of rotatable bonds is 2. The van der Waals surface area contributed by atoms with Gasteiger partial charge in [0.1, 0.15) is 0 Å². The number of aromatic carboxylic acids is 1. The molecule has 3 rings (SSSR count). The van der Waals surface area contributed by atoms with E-state index in [0.29, 0.717) is 6.54 Å². The van der Waals surface area contributed by atoms with E-state index in [4.69, 9.17) is 5.11 Å². The van der Waals surface area contributed by atoms with Crippen molar-refractivity contribution in [3.05, 3.63) is 47.5 Å². The predicted molar refractivity (Wildman–Crippen MR) is 76.6 cm³/mol. The molecule has 0 fully saturated rings. The minimum absolute atomic E-state index is 0.0424. The first-order valence-corrected chi connectivity index (χ1v) is 6.85. The number of hydrogen-bond acceptors (Lipinski definition) is 3. The van der Waals surface area contributed by atoms with Gasteiger partial charge in [-0.25, -0.2) is 9.78 Å². The van der Waals surface area contributed by atoms with Crippen molar-refractivity contribution in [2.45, 2.75) is 19.3 Å². The Morgan fingerprint density at radius 2 is 2.05 bits per heavy atom. The Morgan fingerprint density at radius 1 is 1.24 bits per heavy atom. The molecule has 6 nitrogen and oxygen atoms in total. The monoisotopic (exact) mass is 285 g/mol. The number of carboxylic acid groups (broad SMARTS) is 1. The topological polar surface area (TPSA) is 86.3 Å². The number of amides is 1. The van der Waals surface area contributed by atoms with E-state index in [1.807, 2.05) is 24.3 Å². The molecule has 2 heterocycles. The van der Waals surface area contributed by atoms with Crippen LogP contribution in [0, 0.1) is 0 Å². The van der Waals surface area contributed by atoms with Gasteiger partial charge in [0, 0.05) is 12.2 Å². The summed E-state index contributed by atoms with van der Waals surface area (Å²) >= 11 is 0. The number of anilines is 1. The molecule has 0 atom stereocenters. The number of carboxylic acids is 1. The lowest BCUT2D eigenvalue weighted by atomic mass is 10.1. The normalized spacial score (nSPS) is 14.4. The maximum Gasteiger partial charge on any atom is 0.354 e. The molecular weight excluding hydrogens is 270 g/mol. The van der Waals surface area contributed by atoms with Crippen LogP contribution in [-0.2, 0) is 6.42 Å². The van der Waals surface area contributed by atoms with Crippen molar-refractivity contribution in [3.8, 4) is 0 Å². The minimum atomic E-state index is -1.18. The second-order valence-corrected chi connectivity index (χ2v) is 4.97. The molecule has 1 aromatic carbocycles. The number of aromatic amines is 1. The Balaban J connectivity index is 2.01. The molecule has 21 heavy (non-hydrogen) atoms. The van der Waals surface area contributed by atoms with E-state index >= 15 is 0 Å². The van der Waals surface area contributed by atoms with Crippen LogP contribution < -0.4 is 4.90 Å². The van der Waals surface area contributed by atoms with Crippen LogP contribution >= 0.6 is 0 Å². The van der Waals surface area contributed by atoms with E-state index in [1.54, 1.807) is 4.90 Å². The SMILES string of the molecule is O=C(O)c1[nH]cnc1C(=O)N1CCCCc2ccccc21. The summed E-state index contributed by atoms with van der Waals surface area (Å²) < 4.78 is 0. The zero-order chi connectivity index (χ0) is 14.8. The number of carbonyl (C=O) groups is 2. The molecule has 1 aliphatic rings. The summed E-state index contributed by atoms with van der Waals surface area (Å²) in [6.45, 7) is 0.571. The molecule has 1 amide bonds. The smallest absolute Gasteiger partial charge is 0.354 e. The Kier molecular flexibility index (Phi) is 3.43. The van der Waals surface area contributed by atoms with E-state index in [9.17, 15) is 9.59 Å². The van der Waals surface area contributed by atoms with Crippen molar-refractivity contribution in [1.29, 1.82) is 0 Å².